The summed E-state index contributed by atoms with van der Waals surface area (Å²) in [4.78, 5) is 0.385. The van der Waals surface area contributed by atoms with Gasteiger partial charge >= 0.3 is 0 Å². The molecule has 0 atom stereocenters. The van der Waals surface area contributed by atoms with E-state index in [1.54, 1.807) is 30.5 Å². The summed E-state index contributed by atoms with van der Waals surface area (Å²) in [6.45, 7) is 2.61. The Morgan fingerprint density at radius 2 is 1.90 bits per heavy atom. The average molecular weight is 293 g/mol. The Hall–Kier alpha value is -1.75. The van der Waals surface area contributed by atoms with Crippen LogP contribution in [0.1, 0.15) is 19.1 Å². The molecule has 0 aliphatic rings. The molecule has 0 aliphatic carbocycles. The zero-order chi connectivity index (χ0) is 14.4. The normalized spacial score (nSPS) is 11.4. The van der Waals surface area contributed by atoms with Crippen LogP contribution in [0.2, 0.25) is 0 Å². The first-order valence-electron chi connectivity index (χ1n) is 6.71. The first-order chi connectivity index (χ1) is 9.62. The van der Waals surface area contributed by atoms with E-state index in [0.29, 0.717) is 11.3 Å². The van der Waals surface area contributed by atoms with E-state index in [-0.39, 0.29) is 5.75 Å². The van der Waals surface area contributed by atoms with Crippen molar-refractivity contribution < 1.29 is 12.8 Å². The first kappa shape index (κ1) is 14.7. The molecule has 0 bridgehead atoms. The molecule has 20 heavy (non-hydrogen) atoms. The fraction of sp³-hybridized carbons (Fsp3) is 0.333. The maximum atomic E-state index is 11.9. The smallest absolute Gasteiger partial charge is 0.178 e. The van der Waals surface area contributed by atoms with Crippen LogP contribution in [0, 0.1) is 0 Å². The third-order valence-electron chi connectivity index (χ3n) is 2.97. The van der Waals surface area contributed by atoms with Gasteiger partial charge in [0.05, 0.1) is 16.9 Å². The summed E-state index contributed by atoms with van der Waals surface area (Å²) in [5.41, 5.74) is 0.909. The minimum absolute atomic E-state index is 0.193. The van der Waals surface area contributed by atoms with Gasteiger partial charge in [0.2, 0.25) is 0 Å². The lowest BCUT2D eigenvalue weighted by molar-refractivity contribution is 0.513. The number of anilines is 1. The lowest BCUT2D eigenvalue weighted by Gasteiger charge is -2.07. The van der Waals surface area contributed by atoms with Crippen molar-refractivity contribution in [2.75, 3.05) is 17.6 Å². The number of hydrogen-bond acceptors (Lipinski definition) is 4. The molecule has 0 amide bonds. The molecule has 0 radical (unpaired) electrons. The second kappa shape index (κ2) is 6.61. The Labute approximate surface area is 119 Å². The predicted octanol–water partition coefficient (Wildman–Crippen LogP) is 3.12. The van der Waals surface area contributed by atoms with E-state index in [2.05, 4.69) is 5.32 Å². The summed E-state index contributed by atoms with van der Waals surface area (Å²) in [7, 11) is -3.13. The second-order valence-electron chi connectivity index (χ2n) is 4.60. The molecule has 1 N–H and O–H groups in total. The maximum absolute atomic E-state index is 11.9. The van der Waals surface area contributed by atoms with Gasteiger partial charge in [-0.25, -0.2) is 8.42 Å². The van der Waals surface area contributed by atoms with Gasteiger partial charge in [0.25, 0.3) is 0 Å². The third kappa shape index (κ3) is 3.87. The summed E-state index contributed by atoms with van der Waals surface area (Å²) in [5.74, 6) is 1.12. The highest BCUT2D eigenvalue weighted by molar-refractivity contribution is 7.91. The van der Waals surface area contributed by atoms with E-state index in [1.165, 1.54) is 0 Å². The van der Waals surface area contributed by atoms with Crippen LogP contribution in [0.15, 0.2) is 52.0 Å². The minimum atomic E-state index is -3.13. The highest BCUT2D eigenvalue weighted by Crippen LogP contribution is 2.16. The number of rotatable bonds is 7. The number of hydrogen-bond donors (Lipinski definition) is 1. The molecular weight excluding hydrogens is 274 g/mol. The van der Waals surface area contributed by atoms with Crippen LogP contribution in [0.25, 0.3) is 0 Å². The highest BCUT2D eigenvalue weighted by atomic mass is 32.2. The molecule has 5 heteroatoms. The van der Waals surface area contributed by atoms with E-state index in [0.717, 1.165) is 24.4 Å². The van der Waals surface area contributed by atoms with E-state index in [1.807, 2.05) is 19.1 Å². The van der Waals surface area contributed by atoms with Crippen LogP contribution in [0.4, 0.5) is 5.69 Å². The van der Waals surface area contributed by atoms with Gasteiger partial charge in [0.1, 0.15) is 5.76 Å². The fourth-order valence-electron chi connectivity index (χ4n) is 1.95. The molecule has 0 saturated heterocycles. The monoisotopic (exact) mass is 293 g/mol. The van der Waals surface area contributed by atoms with Crippen LogP contribution >= 0.6 is 0 Å². The molecule has 4 nitrogen and oxygen atoms in total. The van der Waals surface area contributed by atoms with Gasteiger partial charge in [-0.2, -0.15) is 0 Å². The number of nitrogens with one attached hydrogen (secondary N) is 1. The SMILES string of the molecule is CCCS(=O)(=O)c1ccc(NCCc2ccco2)cc1. The predicted molar refractivity (Wildman–Crippen MR) is 79.7 cm³/mol. The van der Waals surface area contributed by atoms with Crippen LogP contribution in [0.3, 0.4) is 0 Å². The minimum Gasteiger partial charge on any atom is -0.469 e. The average Bonchev–Trinajstić information content (AvgIpc) is 2.92. The van der Waals surface area contributed by atoms with Gasteiger partial charge in [-0.05, 0) is 42.8 Å². The number of benzene rings is 1. The van der Waals surface area contributed by atoms with Crippen molar-refractivity contribution in [3.63, 3.8) is 0 Å². The summed E-state index contributed by atoms with van der Waals surface area (Å²) in [5, 5.41) is 3.24. The topological polar surface area (TPSA) is 59.3 Å². The van der Waals surface area contributed by atoms with Crippen LogP contribution in [-0.4, -0.2) is 20.7 Å². The third-order valence-corrected chi connectivity index (χ3v) is 4.90. The second-order valence-corrected chi connectivity index (χ2v) is 6.71. The first-order valence-corrected chi connectivity index (χ1v) is 8.36. The molecule has 1 aromatic heterocycles. The lowest BCUT2D eigenvalue weighted by Crippen LogP contribution is -2.07. The molecule has 1 heterocycles. The summed E-state index contributed by atoms with van der Waals surface area (Å²) in [6.07, 6.45) is 3.08. The molecule has 0 unspecified atom stereocenters. The van der Waals surface area contributed by atoms with E-state index < -0.39 is 9.84 Å². The molecular formula is C15H19NO3S. The van der Waals surface area contributed by atoms with E-state index >= 15 is 0 Å². The molecule has 0 spiro atoms. The van der Waals surface area contributed by atoms with Crippen molar-refractivity contribution in [3.05, 3.63) is 48.4 Å². The van der Waals surface area contributed by atoms with Gasteiger partial charge in [0, 0.05) is 18.7 Å². The zero-order valence-electron chi connectivity index (χ0n) is 11.5. The molecule has 0 fully saturated rings. The molecule has 2 rings (SSSR count). The Morgan fingerprint density at radius 3 is 2.50 bits per heavy atom. The molecule has 2 aromatic rings. The van der Waals surface area contributed by atoms with Gasteiger partial charge in [-0.1, -0.05) is 6.92 Å². The number of furan rings is 1. The van der Waals surface area contributed by atoms with Crippen LogP contribution in [0.5, 0.6) is 0 Å². The summed E-state index contributed by atoms with van der Waals surface area (Å²) >= 11 is 0. The van der Waals surface area contributed by atoms with E-state index in [9.17, 15) is 8.42 Å². The van der Waals surface area contributed by atoms with Gasteiger partial charge in [-0.3, -0.25) is 0 Å². The van der Waals surface area contributed by atoms with Gasteiger partial charge in [-0.15, -0.1) is 0 Å². The Balaban J connectivity index is 1.91. The fourth-order valence-corrected chi connectivity index (χ4v) is 3.28. The van der Waals surface area contributed by atoms with Crippen molar-refractivity contribution in [1.29, 1.82) is 0 Å². The summed E-state index contributed by atoms with van der Waals surface area (Å²) in [6, 6.07) is 10.7. The standard InChI is InChI=1S/C15H19NO3S/c1-2-12-20(17,18)15-7-5-13(6-8-15)16-10-9-14-4-3-11-19-14/h3-8,11,16H,2,9-10,12H2,1H3. The van der Waals surface area contributed by atoms with Crippen molar-refractivity contribution >= 4 is 15.5 Å². The van der Waals surface area contributed by atoms with Crippen molar-refractivity contribution in [3.8, 4) is 0 Å². The lowest BCUT2D eigenvalue weighted by atomic mass is 10.3. The van der Waals surface area contributed by atoms with Crippen LogP contribution in [-0.2, 0) is 16.3 Å². The maximum Gasteiger partial charge on any atom is 0.178 e. The largest absolute Gasteiger partial charge is 0.469 e. The van der Waals surface area contributed by atoms with Crippen LogP contribution < -0.4 is 5.32 Å². The van der Waals surface area contributed by atoms with Crippen molar-refractivity contribution in [2.24, 2.45) is 0 Å². The van der Waals surface area contributed by atoms with Crippen molar-refractivity contribution in [2.45, 2.75) is 24.7 Å². The van der Waals surface area contributed by atoms with E-state index in [4.69, 9.17) is 4.42 Å². The molecule has 0 aliphatic heterocycles. The Kier molecular flexibility index (Phi) is 4.84. The summed E-state index contributed by atoms with van der Waals surface area (Å²) < 4.78 is 29.0. The zero-order valence-corrected chi connectivity index (χ0v) is 12.3. The molecule has 108 valence electrons. The molecule has 1 aromatic carbocycles. The molecule has 0 saturated carbocycles. The highest BCUT2D eigenvalue weighted by Gasteiger charge is 2.12. The quantitative estimate of drug-likeness (QED) is 0.852. The van der Waals surface area contributed by atoms with Crippen molar-refractivity contribution in [1.82, 2.24) is 0 Å². The Morgan fingerprint density at radius 1 is 1.15 bits per heavy atom. The number of sulfone groups is 1. The van der Waals surface area contributed by atoms with Gasteiger partial charge in [0.15, 0.2) is 9.84 Å². The Bertz CT molecular complexity index is 616. The van der Waals surface area contributed by atoms with Gasteiger partial charge < -0.3 is 9.73 Å².